The lowest BCUT2D eigenvalue weighted by molar-refractivity contribution is 1.02. The lowest BCUT2D eigenvalue weighted by Gasteiger charge is -2.07. The summed E-state index contributed by atoms with van der Waals surface area (Å²) in [4.78, 5) is 4.29. The Labute approximate surface area is 70.9 Å². The summed E-state index contributed by atoms with van der Waals surface area (Å²) in [5.41, 5.74) is 0. The van der Waals surface area contributed by atoms with Crippen LogP contribution in [0.5, 0.6) is 0 Å². The second kappa shape index (κ2) is 5.60. The Bertz CT molecular complexity index is 164. The van der Waals surface area contributed by atoms with Crippen molar-refractivity contribution in [2.45, 2.75) is 26.7 Å². The maximum Gasteiger partial charge on any atom is 0.0361 e. The van der Waals surface area contributed by atoms with Crippen LogP contribution in [0, 0.1) is 0 Å². The first kappa shape index (κ1) is 11.0. The van der Waals surface area contributed by atoms with Gasteiger partial charge in [0.15, 0.2) is 0 Å². The van der Waals surface area contributed by atoms with E-state index in [0.717, 1.165) is 6.54 Å². The van der Waals surface area contributed by atoms with Crippen molar-refractivity contribution >= 4 is 18.6 Å². The molecule has 0 bridgehead atoms. The van der Waals surface area contributed by atoms with E-state index in [1.165, 1.54) is 12.8 Å². The van der Waals surface area contributed by atoms with Crippen LogP contribution in [0.1, 0.15) is 26.7 Å². The van der Waals surface area contributed by atoms with Gasteiger partial charge in [0.2, 0.25) is 0 Å². The second-order valence-electron chi connectivity index (χ2n) is 3.21. The highest BCUT2D eigenvalue weighted by Crippen LogP contribution is 2.34. The van der Waals surface area contributed by atoms with Crippen molar-refractivity contribution in [3.8, 4) is 0 Å². The van der Waals surface area contributed by atoms with Gasteiger partial charge in [-0.2, -0.15) is 0 Å². The molecule has 0 fully saturated rings. The lowest BCUT2D eigenvalue weighted by Crippen LogP contribution is -1.85. The molecule has 0 aromatic carbocycles. The molecule has 0 unspecified atom stereocenters. The molecule has 0 heterocycles. The molecule has 0 rings (SSSR count). The van der Waals surface area contributed by atoms with E-state index in [-0.39, 0.29) is 0 Å². The molecule has 0 amide bonds. The van der Waals surface area contributed by atoms with Gasteiger partial charge in [0.1, 0.15) is 0 Å². The first-order chi connectivity index (χ1) is 5.12. The summed E-state index contributed by atoms with van der Waals surface area (Å²) in [6, 6.07) is 0. The van der Waals surface area contributed by atoms with Crippen LogP contribution in [0.15, 0.2) is 4.99 Å². The van der Waals surface area contributed by atoms with Crippen LogP contribution in [0.2, 0.25) is 0 Å². The van der Waals surface area contributed by atoms with Gasteiger partial charge < -0.3 is 0 Å². The highest BCUT2D eigenvalue weighted by Gasteiger charge is 1.95. The maximum absolute atomic E-state index is 4.29. The molecule has 0 atom stereocenters. The van der Waals surface area contributed by atoms with Crippen molar-refractivity contribution < 1.29 is 0 Å². The van der Waals surface area contributed by atoms with E-state index >= 15 is 0 Å². The van der Waals surface area contributed by atoms with Gasteiger partial charge >= 0.3 is 0 Å². The Balaban J connectivity index is 4.08. The van der Waals surface area contributed by atoms with Gasteiger partial charge in [0, 0.05) is 12.5 Å². The van der Waals surface area contributed by atoms with Gasteiger partial charge in [-0.1, -0.05) is 26.0 Å². The molecule has 66 valence electrons. The maximum atomic E-state index is 4.29. The highest BCUT2D eigenvalue weighted by atomic mass is 31.2. The SMILES string of the molecule is CCCC=P(C)(C)/C=N\CC. The summed E-state index contributed by atoms with van der Waals surface area (Å²) in [5, 5.41) is 0. The first-order valence-corrected chi connectivity index (χ1v) is 7.13. The normalized spacial score (nSPS) is 12.4. The highest BCUT2D eigenvalue weighted by molar-refractivity contribution is 7.86. The molecule has 0 saturated heterocycles. The molecule has 1 nitrogen and oxygen atoms in total. The van der Waals surface area contributed by atoms with Crippen LogP contribution < -0.4 is 0 Å². The first-order valence-electron chi connectivity index (χ1n) is 4.31. The minimum atomic E-state index is -0.892. The van der Waals surface area contributed by atoms with E-state index in [2.05, 4.69) is 43.9 Å². The second-order valence-corrected chi connectivity index (χ2v) is 7.07. The Morgan fingerprint density at radius 3 is 2.36 bits per heavy atom. The lowest BCUT2D eigenvalue weighted by atomic mass is 10.4. The number of rotatable bonds is 4. The molecule has 0 aliphatic carbocycles. The van der Waals surface area contributed by atoms with Crippen molar-refractivity contribution in [3.63, 3.8) is 0 Å². The van der Waals surface area contributed by atoms with Crippen molar-refractivity contribution in [2.75, 3.05) is 19.9 Å². The average molecular weight is 173 g/mol. The Morgan fingerprint density at radius 1 is 1.27 bits per heavy atom. The Hall–Kier alpha value is -0.0300. The predicted molar refractivity (Wildman–Crippen MR) is 58.8 cm³/mol. The quantitative estimate of drug-likeness (QED) is 0.458. The van der Waals surface area contributed by atoms with Gasteiger partial charge in [-0.15, -0.1) is 0 Å². The van der Waals surface area contributed by atoms with Crippen LogP contribution >= 0.6 is 6.89 Å². The van der Waals surface area contributed by atoms with Gasteiger partial charge in [0.25, 0.3) is 0 Å². The minimum Gasteiger partial charge on any atom is -0.293 e. The molecule has 0 N–H and O–H groups in total. The number of nitrogens with zero attached hydrogens (tertiary/aromatic N) is 1. The van der Waals surface area contributed by atoms with E-state index in [1.807, 2.05) is 0 Å². The molecule has 0 aromatic heterocycles. The summed E-state index contributed by atoms with van der Waals surface area (Å²) >= 11 is 0. The van der Waals surface area contributed by atoms with E-state index < -0.39 is 6.89 Å². The monoisotopic (exact) mass is 173 g/mol. The smallest absolute Gasteiger partial charge is 0.0361 e. The fraction of sp³-hybridized carbons (Fsp3) is 0.778. The van der Waals surface area contributed by atoms with E-state index in [9.17, 15) is 0 Å². The molecule has 0 aliphatic rings. The van der Waals surface area contributed by atoms with E-state index in [4.69, 9.17) is 0 Å². The fourth-order valence-corrected chi connectivity index (χ4v) is 2.40. The molecule has 0 spiro atoms. The third-order valence-corrected chi connectivity index (χ3v) is 3.41. The zero-order valence-electron chi connectivity index (χ0n) is 8.17. The van der Waals surface area contributed by atoms with Crippen molar-refractivity contribution in [3.05, 3.63) is 0 Å². The van der Waals surface area contributed by atoms with Crippen LogP contribution in [0.25, 0.3) is 0 Å². The van der Waals surface area contributed by atoms with Gasteiger partial charge in [-0.25, -0.2) is 0 Å². The minimum absolute atomic E-state index is 0.892. The number of hydrogen-bond acceptors (Lipinski definition) is 1. The van der Waals surface area contributed by atoms with Crippen molar-refractivity contribution in [2.24, 2.45) is 4.99 Å². The number of unbranched alkanes of at least 4 members (excludes halogenated alkanes) is 1. The fourth-order valence-electron chi connectivity index (χ4n) is 0.801. The van der Waals surface area contributed by atoms with Crippen LogP contribution in [-0.2, 0) is 0 Å². The van der Waals surface area contributed by atoms with E-state index in [0.29, 0.717) is 0 Å². The molecule has 11 heavy (non-hydrogen) atoms. The molecule has 0 aliphatic heterocycles. The number of aliphatic imine (C=N–C) groups is 1. The molecule has 0 radical (unpaired) electrons. The van der Waals surface area contributed by atoms with Gasteiger partial charge in [-0.3, -0.25) is 4.99 Å². The predicted octanol–water partition coefficient (Wildman–Crippen LogP) is 2.91. The Morgan fingerprint density at radius 2 is 1.91 bits per heavy atom. The summed E-state index contributed by atoms with van der Waals surface area (Å²) in [6.45, 7) is 8.94. The zero-order valence-corrected chi connectivity index (χ0v) is 9.06. The van der Waals surface area contributed by atoms with Crippen LogP contribution in [0.3, 0.4) is 0 Å². The average Bonchev–Trinajstić information content (AvgIpc) is 1.97. The summed E-state index contributed by atoms with van der Waals surface area (Å²) < 4.78 is 0. The van der Waals surface area contributed by atoms with Crippen LogP contribution in [-0.4, -0.2) is 31.6 Å². The summed E-state index contributed by atoms with van der Waals surface area (Å²) in [5.74, 6) is 4.59. The summed E-state index contributed by atoms with van der Waals surface area (Å²) in [7, 11) is 0. The third-order valence-electron chi connectivity index (χ3n) is 1.45. The van der Waals surface area contributed by atoms with E-state index in [1.54, 1.807) is 0 Å². The standard InChI is InChI=1S/C9H20NP/c1-5-7-8-11(3,4)9-10-6-2/h8-9H,5-7H2,1-4H3/b10-9-. The summed E-state index contributed by atoms with van der Waals surface area (Å²) in [6.07, 6.45) is 2.49. The number of hydrogen-bond donors (Lipinski definition) is 0. The molecule has 0 saturated carbocycles. The molecular weight excluding hydrogens is 153 g/mol. The topological polar surface area (TPSA) is 12.4 Å². The van der Waals surface area contributed by atoms with Gasteiger partial charge in [0.05, 0.1) is 0 Å². The van der Waals surface area contributed by atoms with Crippen LogP contribution in [0.4, 0.5) is 0 Å². The Kier molecular flexibility index (Phi) is 5.58. The third kappa shape index (κ3) is 6.37. The van der Waals surface area contributed by atoms with Crippen molar-refractivity contribution in [1.29, 1.82) is 0 Å². The molecule has 2 heteroatoms. The molecule has 0 aromatic rings. The van der Waals surface area contributed by atoms with Crippen molar-refractivity contribution in [1.82, 2.24) is 0 Å². The van der Waals surface area contributed by atoms with Gasteiger partial charge in [-0.05, 0) is 26.7 Å². The zero-order chi connectivity index (χ0) is 8.74. The molecular formula is C9H20NP. The largest absolute Gasteiger partial charge is 0.293 e.